The second-order valence-corrected chi connectivity index (χ2v) is 7.12. The fourth-order valence-corrected chi connectivity index (χ4v) is 3.08. The third-order valence-electron chi connectivity index (χ3n) is 4.53. The maximum atomic E-state index is 12.4. The first-order valence-electron chi connectivity index (χ1n) is 9.43. The van der Waals surface area contributed by atoms with Crippen LogP contribution >= 0.6 is 11.6 Å². The molecule has 1 amide bonds. The zero-order chi connectivity index (χ0) is 22.5. The van der Waals surface area contributed by atoms with E-state index in [4.69, 9.17) is 16.3 Å². The molecule has 0 spiro atoms. The van der Waals surface area contributed by atoms with Crippen LogP contribution < -0.4 is 10.1 Å². The molecule has 0 aliphatic heterocycles. The second kappa shape index (κ2) is 9.27. The van der Waals surface area contributed by atoms with Gasteiger partial charge in [0.05, 0.1) is 10.6 Å². The highest BCUT2D eigenvalue weighted by molar-refractivity contribution is 6.30. The van der Waals surface area contributed by atoms with E-state index in [0.717, 1.165) is 11.3 Å². The van der Waals surface area contributed by atoms with E-state index in [9.17, 15) is 14.9 Å². The number of hydrogen-bond donors (Lipinski definition) is 1. The van der Waals surface area contributed by atoms with E-state index in [-0.39, 0.29) is 22.4 Å². The molecule has 0 bridgehead atoms. The first kappa shape index (κ1) is 21.0. The standard InChI is InChI=1S/C22H16ClN5O4/c23-17-5-10-21(20(11-17)28(30)31)32-19-8-3-16(4-9-19)22(29)25-12-15-1-6-18(7-2-15)27-14-24-13-26-27/h1-11,13-14H,12H2,(H,25,29). The van der Waals surface area contributed by atoms with Gasteiger partial charge in [-0.25, -0.2) is 9.67 Å². The highest BCUT2D eigenvalue weighted by Crippen LogP contribution is 2.33. The Labute approximate surface area is 187 Å². The maximum Gasteiger partial charge on any atom is 0.313 e. The molecule has 0 radical (unpaired) electrons. The number of benzene rings is 3. The van der Waals surface area contributed by atoms with E-state index in [2.05, 4.69) is 15.4 Å². The first-order chi connectivity index (χ1) is 15.5. The molecule has 0 atom stereocenters. The molecule has 160 valence electrons. The van der Waals surface area contributed by atoms with Crippen LogP contribution in [0.5, 0.6) is 11.5 Å². The lowest BCUT2D eigenvalue weighted by Gasteiger charge is -2.09. The Morgan fingerprint density at radius 1 is 1.09 bits per heavy atom. The van der Waals surface area contributed by atoms with Crippen molar-refractivity contribution in [1.29, 1.82) is 0 Å². The van der Waals surface area contributed by atoms with E-state index in [1.54, 1.807) is 35.3 Å². The second-order valence-electron chi connectivity index (χ2n) is 6.68. The normalized spacial score (nSPS) is 10.5. The fraction of sp³-hybridized carbons (Fsp3) is 0.0455. The lowest BCUT2D eigenvalue weighted by atomic mass is 10.1. The van der Waals surface area contributed by atoms with Crippen LogP contribution in [0.25, 0.3) is 5.69 Å². The molecule has 0 saturated heterocycles. The van der Waals surface area contributed by atoms with Crippen molar-refractivity contribution in [3.8, 4) is 17.2 Å². The van der Waals surface area contributed by atoms with Gasteiger partial charge < -0.3 is 10.1 Å². The number of ether oxygens (including phenoxy) is 1. The van der Waals surface area contributed by atoms with Crippen molar-refractivity contribution in [1.82, 2.24) is 20.1 Å². The average Bonchev–Trinajstić information content (AvgIpc) is 3.34. The van der Waals surface area contributed by atoms with Gasteiger partial charge in [0.25, 0.3) is 5.91 Å². The van der Waals surface area contributed by atoms with Crippen molar-refractivity contribution < 1.29 is 14.5 Å². The average molecular weight is 450 g/mol. The van der Waals surface area contributed by atoms with Crippen LogP contribution in [0.2, 0.25) is 5.02 Å². The molecule has 9 nitrogen and oxygen atoms in total. The predicted molar refractivity (Wildman–Crippen MR) is 117 cm³/mol. The number of carbonyl (C=O) groups is 1. The third kappa shape index (κ3) is 4.90. The number of nitrogens with one attached hydrogen (secondary N) is 1. The summed E-state index contributed by atoms with van der Waals surface area (Å²) in [4.78, 5) is 27.0. The van der Waals surface area contributed by atoms with Crippen LogP contribution in [0, 0.1) is 10.1 Å². The summed E-state index contributed by atoms with van der Waals surface area (Å²) in [6.07, 6.45) is 3.07. The highest BCUT2D eigenvalue weighted by atomic mass is 35.5. The smallest absolute Gasteiger partial charge is 0.313 e. The summed E-state index contributed by atoms with van der Waals surface area (Å²) in [5, 5.41) is 18.3. The Morgan fingerprint density at radius 3 is 2.50 bits per heavy atom. The zero-order valence-electron chi connectivity index (χ0n) is 16.5. The van der Waals surface area contributed by atoms with Gasteiger partial charge in [-0.2, -0.15) is 5.10 Å². The first-order valence-corrected chi connectivity index (χ1v) is 9.81. The largest absolute Gasteiger partial charge is 0.450 e. The molecule has 4 aromatic rings. The van der Waals surface area contributed by atoms with E-state index < -0.39 is 4.92 Å². The van der Waals surface area contributed by atoms with E-state index in [1.165, 1.54) is 24.5 Å². The molecule has 0 aliphatic carbocycles. The minimum absolute atomic E-state index is 0.0611. The molecule has 0 unspecified atom stereocenters. The van der Waals surface area contributed by atoms with Gasteiger partial charge in [0.2, 0.25) is 5.75 Å². The lowest BCUT2D eigenvalue weighted by Crippen LogP contribution is -2.22. The summed E-state index contributed by atoms with van der Waals surface area (Å²) in [6, 6.07) is 18.0. The summed E-state index contributed by atoms with van der Waals surface area (Å²) < 4.78 is 7.23. The predicted octanol–water partition coefficient (Wildman–Crippen LogP) is 4.55. The van der Waals surface area contributed by atoms with E-state index in [1.807, 2.05) is 24.3 Å². The Morgan fingerprint density at radius 2 is 1.84 bits per heavy atom. The van der Waals surface area contributed by atoms with E-state index >= 15 is 0 Å². The van der Waals surface area contributed by atoms with Crippen molar-refractivity contribution in [3.05, 3.63) is 106 Å². The fourth-order valence-electron chi connectivity index (χ4n) is 2.91. The molecule has 0 aliphatic rings. The molecule has 4 rings (SSSR count). The van der Waals surface area contributed by atoms with Crippen LogP contribution in [0.1, 0.15) is 15.9 Å². The van der Waals surface area contributed by atoms with Crippen molar-refractivity contribution in [3.63, 3.8) is 0 Å². The Balaban J connectivity index is 1.37. The van der Waals surface area contributed by atoms with Gasteiger partial charge in [0.1, 0.15) is 18.4 Å². The maximum absolute atomic E-state index is 12.4. The van der Waals surface area contributed by atoms with Crippen molar-refractivity contribution in [2.75, 3.05) is 0 Å². The van der Waals surface area contributed by atoms with Crippen molar-refractivity contribution in [2.45, 2.75) is 6.54 Å². The summed E-state index contributed by atoms with van der Waals surface area (Å²) in [5.41, 5.74) is 1.99. The molecule has 32 heavy (non-hydrogen) atoms. The molecule has 1 N–H and O–H groups in total. The van der Waals surface area contributed by atoms with Gasteiger partial charge in [-0.05, 0) is 54.1 Å². The van der Waals surface area contributed by atoms with Crippen LogP contribution in [-0.4, -0.2) is 25.6 Å². The monoisotopic (exact) mass is 449 g/mol. The summed E-state index contributed by atoms with van der Waals surface area (Å²) >= 11 is 5.81. The van der Waals surface area contributed by atoms with Crippen LogP contribution in [0.4, 0.5) is 5.69 Å². The lowest BCUT2D eigenvalue weighted by molar-refractivity contribution is -0.385. The molecular weight excluding hydrogens is 434 g/mol. The minimum Gasteiger partial charge on any atom is -0.450 e. The van der Waals surface area contributed by atoms with Gasteiger partial charge in [0.15, 0.2) is 0 Å². The number of nitro groups is 1. The number of aromatic nitrogens is 3. The third-order valence-corrected chi connectivity index (χ3v) is 4.77. The number of halogens is 1. The molecule has 1 heterocycles. The molecule has 1 aromatic heterocycles. The van der Waals surface area contributed by atoms with Gasteiger partial charge in [-0.3, -0.25) is 14.9 Å². The van der Waals surface area contributed by atoms with Gasteiger partial charge in [0, 0.05) is 23.2 Å². The van der Waals surface area contributed by atoms with Gasteiger partial charge in [-0.1, -0.05) is 23.7 Å². The number of rotatable bonds is 7. The van der Waals surface area contributed by atoms with Crippen molar-refractivity contribution in [2.24, 2.45) is 0 Å². The number of carbonyl (C=O) groups excluding carboxylic acids is 1. The highest BCUT2D eigenvalue weighted by Gasteiger charge is 2.16. The van der Waals surface area contributed by atoms with Crippen LogP contribution in [0.3, 0.4) is 0 Å². The molecular formula is C22H16ClN5O4. The Kier molecular flexibility index (Phi) is 6.09. The van der Waals surface area contributed by atoms with Crippen LogP contribution in [-0.2, 0) is 6.54 Å². The molecule has 10 heteroatoms. The summed E-state index contributed by atoms with van der Waals surface area (Å²) in [6.45, 7) is 0.353. The quantitative estimate of drug-likeness (QED) is 0.327. The minimum atomic E-state index is -0.568. The summed E-state index contributed by atoms with van der Waals surface area (Å²) in [5.74, 6) is 0.163. The zero-order valence-corrected chi connectivity index (χ0v) is 17.3. The van der Waals surface area contributed by atoms with Gasteiger partial charge >= 0.3 is 5.69 Å². The number of nitrogens with zero attached hydrogens (tertiary/aromatic N) is 4. The number of amides is 1. The number of hydrogen-bond acceptors (Lipinski definition) is 6. The molecule has 0 fully saturated rings. The topological polar surface area (TPSA) is 112 Å². The Hall–Kier alpha value is -4.24. The van der Waals surface area contributed by atoms with E-state index in [0.29, 0.717) is 17.9 Å². The molecule has 0 saturated carbocycles. The van der Waals surface area contributed by atoms with Crippen molar-refractivity contribution >= 4 is 23.2 Å². The number of nitro benzene ring substituents is 1. The van der Waals surface area contributed by atoms with Crippen LogP contribution in [0.15, 0.2) is 79.4 Å². The molecule has 3 aromatic carbocycles. The van der Waals surface area contributed by atoms with Gasteiger partial charge in [-0.15, -0.1) is 0 Å². The SMILES string of the molecule is O=C(NCc1ccc(-n2cncn2)cc1)c1ccc(Oc2ccc(Cl)cc2[N+](=O)[O-])cc1. The Bertz CT molecular complexity index is 1240. The summed E-state index contributed by atoms with van der Waals surface area (Å²) in [7, 11) is 0.